The lowest BCUT2D eigenvalue weighted by molar-refractivity contribution is -0.149. The maximum Gasteiger partial charge on any atom is 0.411 e. The van der Waals surface area contributed by atoms with Crippen molar-refractivity contribution in [3.8, 4) is 0 Å². The molecule has 1 aliphatic heterocycles. The highest BCUT2D eigenvalue weighted by atomic mass is 16.6. The fraction of sp³-hybridized carbons (Fsp3) is 0.826. The molecule has 0 spiro atoms. The molecule has 2 fully saturated rings. The second kappa shape index (κ2) is 8.46. The van der Waals surface area contributed by atoms with Crippen LogP contribution in [-0.4, -0.2) is 41.3 Å². The summed E-state index contributed by atoms with van der Waals surface area (Å²) in [4.78, 5) is 27.0. The summed E-state index contributed by atoms with van der Waals surface area (Å²) < 4.78 is 10.9. The lowest BCUT2D eigenvalue weighted by Crippen LogP contribution is -2.46. The Labute approximate surface area is 170 Å². The van der Waals surface area contributed by atoms with E-state index in [1.165, 1.54) is 0 Å². The van der Waals surface area contributed by atoms with Gasteiger partial charge in [0.1, 0.15) is 11.6 Å². The van der Waals surface area contributed by atoms with Crippen molar-refractivity contribution in [2.24, 2.45) is 10.8 Å². The molecule has 0 radical (unpaired) electrons. The second-order valence-electron chi connectivity index (χ2n) is 10.3. The highest BCUT2D eigenvalue weighted by Gasteiger charge is 2.67. The van der Waals surface area contributed by atoms with Crippen molar-refractivity contribution < 1.29 is 19.1 Å². The summed E-state index contributed by atoms with van der Waals surface area (Å²) in [6.45, 7) is 16.1. The molecule has 0 aromatic rings. The molecule has 1 saturated carbocycles. The number of rotatable bonds is 9. The van der Waals surface area contributed by atoms with Gasteiger partial charge in [-0.1, -0.05) is 26.3 Å². The molecule has 0 aromatic carbocycles. The minimum Gasteiger partial charge on any atom is -0.464 e. The zero-order valence-electron chi connectivity index (χ0n) is 18.7. The molecule has 0 bridgehead atoms. The summed E-state index contributed by atoms with van der Waals surface area (Å²) in [7, 11) is 0. The van der Waals surface area contributed by atoms with Crippen LogP contribution in [0.25, 0.3) is 0 Å². The van der Waals surface area contributed by atoms with E-state index in [2.05, 4.69) is 20.4 Å². The van der Waals surface area contributed by atoms with E-state index in [1.54, 1.807) is 11.8 Å². The van der Waals surface area contributed by atoms with Gasteiger partial charge in [-0.2, -0.15) is 0 Å². The van der Waals surface area contributed by atoms with Crippen LogP contribution in [0.1, 0.15) is 86.5 Å². The maximum atomic E-state index is 12.8. The summed E-state index contributed by atoms with van der Waals surface area (Å²) in [5, 5.41) is 0. The van der Waals surface area contributed by atoms with Crippen LogP contribution >= 0.6 is 0 Å². The first-order valence-corrected chi connectivity index (χ1v) is 10.7. The van der Waals surface area contributed by atoms with Crippen LogP contribution in [0.2, 0.25) is 0 Å². The molecule has 0 N–H and O–H groups in total. The monoisotopic (exact) mass is 393 g/mol. The average molecular weight is 394 g/mol. The van der Waals surface area contributed by atoms with Gasteiger partial charge in [0.25, 0.3) is 0 Å². The predicted octanol–water partition coefficient (Wildman–Crippen LogP) is 5.48. The van der Waals surface area contributed by atoms with Crippen LogP contribution in [0.4, 0.5) is 4.79 Å². The van der Waals surface area contributed by atoms with E-state index < -0.39 is 11.6 Å². The molecule has 5 heteroatoms. The van der Waals surface area contributed by atoms with Crippen molar-refractivity contribution in [1.82, 2.24) is 4.90 Å². The van der Waals surface area contributed by atoms with Crippen LogP contribution in [0, 0.1) is 10.8 Å². The quantitative estimate of drug-likeness (QED) is 0.384. The number of allylic oxidation sites excluding steroid dienone is 1. The molecule has 2 aliphatic rings. The summed E-state index contributed by atoms with van der Waals surface area (Å²) >= 11 is 0. The van der Waals surface area contributed by atoms with Gasteiger partial charge in [-0.15, -0.1) is 6.58 Å². The molecule has 1 saturated heterocycles. The number of amides is 1. The number of nitrogens with zero attached hydrogens (tertiary/aromatic N) is 1. The number of piperidine rings is 1. The number of esters is 1. The van der Waals surface area contributed by atoms with Gasteiger partial charge < -0.3 is 9.47 Å². The van der Waals surface area contributed by atoms with E-state index in [0.717, 1.165) is 38.5 Å². The van der Waals surface area contributed by atoms with Crippen molar-refractivity contribution in [2.75, 3.05) is 6.61 Å². The average Bonchev–Trinajstić information content (AvgIpc) is 3.15. The van der Waals surface area contributed by atoms with E-state index in [0.29, 0.717) is 18.4 Å². The standard InChI is InChI=1S/C23H39NO4/c1-8-10-12-22(6,7)13-11-14-23-15-17(19(25)27-9-2)24(18(23)16-23)20(26)28-21(3,4)5/h8,17-18H,1,9-16H2,2-7H3/t17-,18+,23-/m0/s1. The summed E-state index contributed by atoms with van der Waals surface area (Å²) in [5.41, 5.74) is -0.228. The molecule has 1 amide bonds. The summed E-state index contributed by atoms with van der Waals surface area (Å²) in [6.07, 6.45) is 8.74. The molecule has 160 valence electrons. The molecule has 5 nitrogen and oxygen atoms in total. The van der Waals surface area contributed by atoms with Gasteiger partial charge in [0.2, 0.25) is 0 Å². The Bertz CT molecular complexity index is 592. The summed E-state index contributed by atoms with van der Waals surface area (Å²) in [6, 6.07) is -0.407. The fourth-order valence-corrected chi connectivity index (χ4v) is 4.55. The molecule has 28 heavy (non-hydrogen) atoms. The van der Waals surface area contributed by atoms with Crippen molar-refractivity contribution >= 4 is 12.1 Å². The number of hydrogen-bond acceptors (Lipinski definition) is 4. The molecular weight excluding hydrogens is 354 g/mol. The first kappa shape index (κ1) is 22.8. The van der Waals surface area contributed by atoms with Crippen LogP contribution < -0.4 is 0 Å². The number of carbonyl (C=O) groups excluding carboxylic acids is 2. The van der Waals surface area contributed by atoms with Crippen LogP contribution in [0.5, 0.6) is 0 Å². The molecule has 3 atom stereocenters. The Morgan fingerprint density at radius 2 is 1.86 bits per heavy atom. The lowest BCUT2D eigenvalue weighted by Gasteiger charge is -2.29. The maximum absolute atomic E-state index is 12.8. The Morgan fingerprint density at radius 3 is 2.43 bits per heavy atom. The number of ether oxygens (including phenoxy) is 2. The minimum absolute atomic E-state index is 0.0584. The Balaban J connectivity index is 2.02. The highest BCUT2D eigenvalue weighted by Crippen LogP contribution is 2.63. The normalized spacial score (nSPS) is 26.6. The zero-order valence-corrected chi connectivity index (χ0v) is 18.7. The Morgan fingerprint density at radius 1 is 1.18 bits per heavy atom. The number of likely N-dealkylation sites (tertiary alicyclic amines) is 1. The van der Waals surface area contributed by atoms with Crippen molar-refractivity contribution in [1.29, 1.82) is 0 Å². The lowest BCUT2D eigenvalue weighted by atomic mass is 9.81. The van der Waals surface area contributed by atoms with Gasteiger partial charge >= 0.3 is 12.1 Å². The van der Waals surface area contributed by atoms with E-state index in [1.807, 2.05) is 26.8 Å². The third kappa shape index (κ3) is 5.51. The van der Waals surface area contributed by atoms with Gasteiger partial charge in [-0.05, 0) is 77.0 Å². The molecule has 0 aromatic heterocycles. The molecule has 0 unspecified atom stereocenters. The van der Waals surface area contributed by atoms with Crippen molar-refractivity contribution in [3.63, 3.8) is 0 Å². The highest BCUT2D eigenvalue weighted by molar-refractivity contribution is 5.83. The van der Waals surface area contributed by atoms with Crippen molar-refractivity contribution in [3.05, 3.63) is 12.7 Å². The number of hydrogen-bond donors (Lipinski definition) is 0. The van der Waals surface area contributed by atoms with E-state index in [4.69, 9.17) is 9.47 Å². The van der Waals surface area contributed by atoms with Gasteiger partial charge in [-0.25, -0.2) is 9.59 Å². The zero-order chi connectivity index (χ0) is 21.2. The van der Waals surface area contributed by atoms with Crippen LogP contribution in [0.3, 0.4) is 0 Å². The van der Waals surface area contributed by atoms with Crippen LogP contribution in [0.15, 0.2) is 12.7 Å². The third-order valence-corrected chi connectivity index (χ3v) is 6.13. The molecule has 1 aliphatic carbocycles. The fourth-order valence-electron chi connectivity index (χ4n) is 4.55. The number of fused-ring (bicyclic) bond motifs is 1. The van der Waals surface area contributed by atoms with E-state index in [-0.39, 0.29) is 23.5 Å². The molecule has 1 heterocycles. The first-order valence-electron chi connectivity index (χ1n) is 10.7. The first-order chi connectivity index (χ1) is 12.9. The second-order valence-corrected chi connectivity index (χ2v) is 10.3. The van der Waals surface area contributed by atoms with Gasteiger partial charge in [-0.3, -0.25) is 4.90 Å². The SMILES string of the molecule is C=CCCC(C)(C)CCC[C@@]12C[C@@H](C(=O)OCC)N(C(=O)OC(C)(C)C)[C@@H]1C2. The topological polar surface area (TPSA) is 55.8 Å². The predicted molar refractivity (Wildman–Crippen MR) is 111 cm³/mol. The minimum atomic E-state index is -0.578. The molecule has 2 rings (SSSR count). The van der Waals surface area contributed by atoms with Gasteiger partial charge in [0.15, 0.2) is 0 Å². The Kier molecular flexibility index (Phi) is 6.88. The van der Waals surface area contributed by atoms with Gasteiger partial charge in [0, 0.05) is 6.04 Å². The van der Waals surface area contributed by atoms with Gasteiger partial charge in [0.05, 0.1) is 6.61 Å². The van der Waals surface area contributed by atoms with Crippen LogP contribution in [-0.2, 0) is 14.3 Å². The van der Waals surface area contributed by atoms with E-state index in [9.17, 15) is 9.59 Å². The molecular formula is C23H39NO4. The smallest absolute Gasteiger partial charge is 0.411 e. The van der Waals surface area contributed by atoms with Crippen molar-refractivity contribution in [2.45, 2.75) is 104 Å². The third-order valence-electron chi connectivity index (χ3n) is 6.13. The number of carbonyl (C=O) groups is 2. The Hall–Kier alpha value is -1.52. The van der Waals surface area contributed by atoms with E-state index >= 15 is 0 Å². The summed E-state index contributed by atoms with van der Waals surface area (Å²) in [5.74, 6) is -0.300. The largest absolute Gasteiger partial charge is 0.464 e.